The molecule has 0 bridgehead atoms. The molecule has 130 valence electrons. The Hall–Kier alpha value is -2.84. The van der Waals surface area contributed by atoms with Crippen LogP contribution in [0.15, 0.2) is 64.1 Å². The van der Waals surface area contributed by atoms with Crippen LogP contribution in [0.1, 0.15) is 5.56 Å². The summed E-state index contributed by atoms with van der Waals surface area (Å²) in [5.74, 6) is -0.809. The minimum absolute atomic E-state index is 0.0343. The van der Waals surface area contributed by atoms with E-state index in [2.05, 4.69) is 4.72 Å². The Morgan fingerprint density at radius 3 is 2.60 bits per heavy atom. The van der Waals surface area contributed by atoms with Crippen LogP contribution in [-0.2, 0) is 21.4 Å². The molecule has 2 aromatic carbocycles. The highest BCUT2D eigenvalue weighted by Gasteiger charge is 2.16. The van der Waals surface area contributed by atoms with E-state index < -0.39 is 22.6 Å². The highest BCUT2D eigenvalue weighted by atomic mass is 32.2. The molecule has 1 aromatic heterocycles. The normalized spacial score (nSPS) is 11.5. The Kier molecular flexibility index (Phi) is 4.73. The molecule has 0 amide bonds. The molecular weight excluding hydrogens is 346 g/mol. The molecule has 0 aliphatic heterocycles. The lowest BCUT2D eigenvalue weighted by molar-refractivity contribution is -0.139. The average Bonchev–Trinajstić information content (AvgIpc) is 3.03. The second-order valence-corrected chi connectivity index (χ2v) is 6.98. The number of rotatable bonds is 7. The monoisotopic (exact) mass is 361 g/mol. The number of fused-ring (bicyclic) bond motifs is 1. The van der Waals surface area contributed by atoms with Gasteiger partial charge in [0.2, 0.25) is 10.0 Å². The Bertz CT molecular complexity index is 994. The van der Waals surface area contributed by atoms with E-state index in [4.69, 9.17) is 14.3 Å². The van der Waals surface area contributed by atoms with Gasteiger partial charge in [0.25, 0.3) is 0 Å². The second kappa shape index (κ2) is 6.96. The van der Waals surface area contributed by atoms with E-state index in [-0.39, 0.29) is 17.2 Å². The van der Waals surface area contributed by atoms with Gasteiger partial charge in [-0.25, -0.2) is 17.9 Å². The molecule has 0 radical (unpaired) electrons. The predicted molar refractivity (Wildman–Crippen MR) is 89.8 cm³/mol. The van der Waals surface area contributed by atoms with E-state index in [0.29, 0.717) is 16.5 Å². The summed E-state index contributed by atoms with van der Waals surface area (Å²) in [6.07, 6.45) is 1.42. The van der Waals surface area contributed by atoms with E-state index in [9.17, 15) is 13.2 Å². The summed E-state index contributed by atoms with van der Waals surface area (Å²) in [5.41, 5.74) is 0.993. The van der Waals surface area contributed by atoms with Crippen LogP contribution in [0.2, 0.25) is 0 Å². The largest absolute Gasteiger partial charge is 0.479 e. The lowest BCUT2D eigenvalue weighted by Crippen LogP contribution is -2.23. The zero-order chi connectivity index (χ0) is 17.9. The fourth-order valence-corrected chi connectivity index (χ4v) is 3.36. The quantitative estimate of drug-likeness (QED) is 0.669. The van der Waals surface area contributed by atoms with Crippen LogP contribution >= 0.6 is 0 Å². The standard InChI is InChI=1S/C17H15NO6S/c19-16(20)11-23-15-8-4-7-14-12(10-24-17(14)15)9-18-25(21,22)13-5-2-1-3-6-13/h1-8,10,18H,9,11H2,(H,19,20). The van der Waals surface area contributed by atoms with Crippen LogP contribution in [-0.4, -0.2) is 26.1 Å². The molecule has 8 heteroatoms. The summed E-state index contributed by atoms with van der Waals surface area (Å²) in [6.45, 7) is -0.456. The van der Waals surface area contributed by atoms with Crippen LogP contribution in [0.5, 0.6) is 5.75 Å². The number of hydrogen-bond donors (Lipinski definition) is 2. The van der Waals surface area contributed by atoms with E-state index in [1.807, 2.05) is 0 Å². The van der Waals surface area contributed by atoms with Crippen molar-refractivity contribution in [2.75, 3.05) is 6.61 Å². The van der Waals surface area contributed by atoms with Crippen molar-refractivity contribution in [3.63, 3.8) is 0 Å². The number of carbonyl (C=O) groups is 1. The molecule has 0 saturated heterocycles. The van der Waals surface area contributed by atoms with E-state index in [0.717, 1.165) is 0 Å². The van der Waals surface area contributed by atoms with E-state index >= 15 is 0 Å². The zero-order valence-electron chi connectivity index (χ0n) is 13.0. The summed E-state index contributed by atoms with van der Waals surface area (Å²) in [7, 11) is -3.64. The van der Waals surface area contributed by atoms with E-state index in [1.165, 1.54) is 18.4 Å². The van der Waals surface area contributed by atoms with Crippen LogP contribution in [0.25, 0.3) is 11.0 Å². The van der Waals surface area contributed by atoms with Gasteiger partial charge in [-0.2, -0.15) is 0 Å². The molecule has 3 aromatic rings. The molecular formula is C17H15NO6S. The molecule has 7 nitrogen and oxygen atoms in total. The van der Waals surface area contributed by atoms with Crippen LogP contribution in [0.3, 0.4) is 0 Å². The van der Waals surface area contributed by atoms with Gasteiger partial charge in [0.1, 0.15) is 0 Å². The first kappa shape index (κ1) is 17.0. The number of ether oxygens (including phenoxy) is 1. The van der Waals surface area contributed by atoms with E-state index in [1.54, 1.807) is 36.4 Å². The highest BCUT2D eigenvalue weighted by Crippen LogP contribution is 2.30. The lowest BCUT2D eigenvalue weighted by Gasteiger charge is -2.06. The summed E-state index contributed by atoms with van der Waals surface area (Å²) in [6, 6.07) is 13.1. The molecule has 0 aliphatic rings. The number of sulfonamides is 1. The van der Waals surface area contributed by atoms with Gasteiger partial charge < -0.3 is 14.3 Å². The number of furan rings is 1. The first-order valence-corrected chi connectivity index (χ1v) is 8.84. The number of hydrogen-bond acceptors (Lipinski definition) is 5. The van der Waals surface area contributed by atoms with Gasteiger partial charge in [0.15, 0.2) is 17.9 Å². The number of para-hydroxylation sites is 1. The van der Waals surface area contributed by atoms with Crippen LogP contribution in [0, 0.1) is 0 Å². The zero-order valence-corrected chi connectivity index (χ0v) is 13.8. The van der Waals surface area contributed by atoms with Crippen molar-refractivity contribution >= 4 is 27.0 Å². The minimum atomic E-state index is -3.64. The van der Waals surface area contributed by atoms with Crippen LogP contribution < -0.4 is 9.46 Å². The Balaban J connectivity index is 1.81. The van der Waals surface area contributed by atoms with Gasteiger partial charge >= 0.3 is 5.97 Å². The maximum Gasteiger partial charge on any atom is 0.341 e. The third kappa shape index (κ3) is 3.81. The second-order valence-electron chi connectivity index (χ2n) is 5.21. The summed E-state index contributed by atoms with van der Waals surface area (Å²) >= 11 is 0. The molecule has 2 N–H and O–H groups in total. The third-order valence-corrected chi connectivity index (χ3v) is 4.92. The van der Waals surface area contributed by atoms with Gasteiger partial charge in [0.05, 0.1) is 11.2 Å². The van der Waals surface area contributed by atoms with Crippen molar-refractivity contribution in [2.45, 2.75) is 11.4 Å². The van der Waals surface area contributed by atoms with Crippen molar-refractivity contribution in [1.82, 2.24) is 4.72 Å². The molecule has 3 rings (SSSR count). The maximum atomic E-state index is 12.3. The Morgan fingerprint density at radius 1 is 1.12 bits per heavy atom. The van der Waals surface area contributed by atoms with Crippen molar-refractivity contribution < 1.29 is 27.5 Å². The summed E-state index contributed by atoms with van der Waals surface area (Å²) in [5, 5.41) is 9.35. The molecule has 0 spiro atoms. The molecule has 0 unspecified atom stereocenters. The number of aliphatic carboxylic acids is 1. The lowest BCUT2D eigenvalue weighted by atomic mass is 10.2. The Labute approximate surface area is 143 Å². The minimum Gasteiger partial charge on any atom is -0.479 e. The fraction of sp³-hybridized carbons (Fsp3) is 0.118. The summed E-state index contributed by atoms with van der Waals surface area (Å²) in [4.78, 5) is 10.8. The number of nitrogens with one attached hydrogen (secondary N) is 1. The molecule has 0 saturated carbocycles. The van der Waals surface area contributed by atoms with Crippen molar-refractivity contribution in [2.24, 2.45) is 0 Å². The smallest absolute Gasteiger partial charge is 0.341 e. The van der Waals surface area contributed by atoms with Crippen molar-refractivity contribution in [1.29, 1.82) is 0 Å². The molecule has 1 heterocycles. The van der Waals surface area contributed by atoms with Gasteiger partial charge in [-0.1, -0.05) is 30.3 Å². The molecule has 25 heavy (non-hydrogen) atoms. The molecule has 0 aliphatic carbocycles. The number of carboxylic acid groups (broad SMARTS) is 1. The van der Waals surface area contributed by atoms with Gasteiger partial charge in [-0.05, 0) is 18.2 Å². The average molecular weight is 361 g/mol. The van der Waals surface area contributed by atoms with Gasteiger partial charge in [0, 0.05) is 17.5 Å². The topological polar surface area (TPSA) is 106 Å². The maximum absolute atomic E-state index is 12.3. The fourth-order valence-electron chi connectivity index (χ4n) is 2.33. The van der Waals surface area contributed by atoms with Gasteiger partial charge in [-0.3, -0.25) is 0 Å². The first-order valence-electron chi connectivity index (χ1n) is 7.36. The summed E-state index contributed by atoms with van der Waals surface area (Å²) < 4.78 is 37.7. The predicted octanol–water partition coefficient (Wildman–Crippen LogP) is 2.37. The van der Waals surface area contributed by atoms with Crippen molar-refractivity contribution in [3.05, 3.63) is 60.4 Å². The number of benzene rings is 2. The SMILES string of the molecule is O=C(O)COc1cccc2c(CNS(=O)(=O)c3ccccc3)coc12. The van der Waals surface area contributed by atoms with Crippen LogP contribution in [0.4, 0.5) is 0 Å². The highest BCUT2D eigenvalue weighted by molar-refractivity contribution is 7.89. The molecule has 0 fully saturated rings. The number of carboxylic acids is 1. The Morgan fingerprint density at radius 2 is 1.88 bits per heavy atom. The van der Waals surface area contributed by atoms with Gasteiger partial charge in [-0.15, -0.1) is 0 Å². The van der Waals surface area contributed by atoms with Crippen molar-refractivity contribution in [3.8, 4) is 5.75 Å². The molecule has 0 atom stereocenters. The third-order valence-electron chi connectivity index (χ3n) is 3.50. The first-order chi connectivity index (χ1) is 12.0.